The summed E-state index contributed by atoms with van der Waals surface area (Å²) < 4.78 is 0. The van der Waals surface area contributed by atoms with Gasteiger partial charge in [0.25, 0.3) is 11.8 Å². The zero-order valence-corrected chi connectivity index (χ0v) is 18.6. The lowest BCUT2D eigenvalue weighted by molar-refractivity contribution is 0.0949. The Bertz CT molecular complexity index is 1020. The normalized spacial score (nSPS) is 14.2. The Balaban J connectivity index is 1.16. The van der Waals surface area contributed by atoms with E-state index >= 15 is 0 Å². The first kappa shape index (κ1) is 21.9. The zero-order chi connectivity index (χ0) is 22.2. The summed E-state index contributed by atoms with van der Waals surface area (Å²) in [6.45, 7) is 5.54. The lowest BCUT2D eigenvalue weighted by Gasteiger charge is -2.36. The summed E-state index contributed by atoms with van der Waals surface area (Å²) in [4.78, 5) is 29.4. The van der Waals surface area contributed by atoms with Crippen LogP contribution in [0.15, 0.2) is 60.7 Å². The van der Waals surface area contributed by atoms with Gasteiger partial charge in [0, 0.05) is 44.1 Å². The van der Waals surface area contributed by atoms with E-state index in [2.05, 4.69) is 54.9 Å². The van der Waals surface area contributed by atoms with Crippen molar-refractivity contribution in [2.24, 2.45) is 0 Å². The maximum atomic E-state index is 12.3. The van der Waals surface area contributed by atoms with Gasteiger partial charge in [-0.3, -0.25) is 14.5 Å². The van der Waals surface area contributed by atoms with Gasteiger partial charge in [-0.15, -0.1) is 10.2 Å². The van der Waals surface area contributed by atoms with Crippen molar-refractivity contribution >= 4 is 34.5 Å². The van der Waals surface area contributed by atoms with Crippen LogP contribution in [-0.4, -0.2) is 66.2 Å². The third kappa shape index (κ3) is 5.89. The van der Waals surface area contributed by atoms with Crippen LogP contribution >= 0.6 is 11.3 Å². The van der Waals surface area contributed by atoms with Crippen LogP contribution in [-0.2, 0) is 0 Å². The van der Waals surface area contributed by atoms with E-state index < -0.39 is 0 Å². The average molecular weight is 451 g/mol. The molecule has 2 amide bonds. The topological polar surface area (TPSA) is 90.5 Å². The quantitative estimate of drug-likeness (QED) is 0.513. The standard InChI is InChI=1S/C23H26N6O2S/c30-20(22-26-27-23(32-22)21(31)25-18-8-3-1-4-9-18)24-12-7-13-28-14-16-29(17-15-28)19-10-5-2-6-11-19/h1-6,8-11H,7,12-17H2,(H,24,30)(H,25,31). The van der Waals surface area contributed by atoms with E-state index in [9.17, 15) is 9.59 Å². The van der Waals surface area contributed by atoms with Crippen molar-refractivity contribution < 1.29 is 9.59 Å². The number of amides is 2. The maximum Gasteiger partial charge on any atom is 0.286 e. The smallest absolute Gasteiger partial charge is 0.286 e. The van der Waals surface area contributed by atoms with Gasteiger partial charge in [-0.2, -0.15) is 0 Å². The Morgan fingerprint density at radius 2 is 1.47 bits per heavy atom. The summed E-state index contributed by atoms with van der Waals surface area (Å²) in [5, 5.41) is 13.7. The van der Waals surface area contributed by atoms with Crippen LogP contribution < -0.4 is 15.5 Å². The number of benzene rings is 2. The van der Waals surface area contributed by atoms with Crippen molar-refractivity contribution in [2.75, 3.05) is 49.5 Å². The van der Waals surface area contributed by atoms with E-state index in [4.69, 9.17) is 0 Å². The minimum atomic E-state index is -0.373. The summed E-state index contributed by atoms with van der Waals surface area (Å²) in [6, 6.07) is 19.6. The van der Waals surface area contributed by atoms with Gasteiger partial charge in [-0.1, -0.05) is 47.7 Å². The molecule has 1 aliphatic heterocycles. The monoisotopic (exact) mass is 450 g/mol. The van der Waals surface area contributed by atoms with Crippen molar-refractivity contribution in [3.63, 3.8) is 0 Å². The number of anilines is 2. The highest BCUT2D eigenvalue weighted by molar-refractivity contribution is 7.15. The first-order chi connectivity index (χ1) is 15.7. The molecule has 0 atom stereocenters. The van der Waals surface area contributed by atoms with Crippen molar-refractivity contribution in [1.29, 1.82) is 0 Å². The molecule has 32 heavy (non-hydrogen) atoms. The van der Waals surface area contributed by atoms with Crippen LogP contribution in [0.3, 0.4) is 0 Å². The number of para-hydroxylation sites is 2. The molecule has 0 radical (unpaired) electrons. The fraction of sp³-hybridized carbons (Fsp3) is 0.304. The van der Waals surface area contributed by atoms with E-state index in [-0.39, 0.29) is 21.8 Å². The number of rotatable bonds is 8. The molecule has 166 valence electrons. The van der Waals surface area contributed by atoms with E-state index in [1.54, 1.807) is 12.1 Å². The highest BCUT2D eigenvalue weighted by Gasteiger charge is 2.19. The Morgan fingerprint density at radius 3 is 2.16 bits per heavy atom. The second-order valence-corrected chi connectivity index (χ2v) is 8.48. The molecule has 0 aliphatic carbocycles. The number of nitrogens with zero attached hydrogens (tertiary/aromatic N) is 4. The highest BCUT2D eigenvalue weighted by Crippen LogP contribution is 2.16. The summed E-state index contributed by atoms with van der Waals surface area (Å²) in [5.74, 6) is -0.669. The molecule has 9 heteroatoms. The Labute approximate surface area is 191 Å². The number of hydrogen-bond acceptors (Lipinski definition) is 7. The van der Waals surface area contributed by atoms with Gasteiger partial charge >= 0.3 is 0 Å². The van der Waals surface area contributed by atoms with Gasteiger partial charge in [-0.05, 0) is 37.2 Å². The molecule has 8 nitrogen and oxygen atoms in total. The van der Waals surface area contributed by atoms with Gasteiger partial charge in [0.1, 0.15) is 0 Å². The molecule has 1 saturated heterocycles. The van der Waals surface area contributed by atoms with E-state index in [0.717, 1.165) is 50.5 Å². The molecule has 2 heterocycles. The van der Waals surface area contributed by atoms with Gasteiger partial charge in [0.15, 0.2) is 0 Å². The molecule has 0 spiro atoms. The van der Waals surface area contributed by atoms with Crippen molar-refractivity contribution in [2.45, 2.75) is 6.42 Å². The molecule has 0 unspecified atom stereocenters. The van der Waals surface area contributed by atoms with Gasteiger partial charge in [0.05, 0.1) is 0 Å². The van der Waals surface area contributed by atoms with E-state index in [1.165, 1.54) is 5.69 Å². The fourth-order valence-electron chi connectivity index (χ4n) is 3.56. The molecule has 1 fully saturated rings. The Hall–Kier alpha value is -3.30. The first-order valence-electron chi connectivity index (χ1n) is 10.7. The van der Waals surface area contributed by atoms with Crippen LogP contribution in [0.1, 0.15) is 26.0 Å². The predicted molar refractivity (Wildman–Crippen MR) is 126 cm³/mol. The van der Waals surface area contributed by atoms with Gasteiger partial charge in [-0.25, -0.2) is 0 Å². The van der Waals surface area contributed by atoms with Crippen LogP contribution in [0, 0.1) is 0 Å². The number of piperazine rings is 1. The lowest BCUT2D eigenvalue weighted by Crippen LogP contribution is -2.47. The largest absolute Gasteiger partial charge is 0.369 e. The highest BCUT2D eigenvalue weighted by atomic mass is 32.1. The third-order valence-electron chi connectivity index (χ3n) is 5.28. The zero-order valence-electron chi connectivity index (χ0n) is 17.7. The lowest BCUT2D eigenvalue weighted by atomic mass is 10.2. The number of nitrogens with one attached hydrogen (secondary N) is 2. The van der Waals surface area contributed by atoms with Gasteiger partial charge < -0.3 is 15.5 Å². The minimum Gasteiger partial charge on any atom is -0.369 e. The van der Waals surface area contributed by atoms with Crippen LogP contribution in [0.25, 0.3) is 0 Å². The summed E-state index contributed by atoms with van der Waals surface area (Å²) in [5.41, 5.74) is 1.94. The molecule has 0 bridgehead atoms. The molecule has 4 rings (SSSR count). The van der Waals surface area contributed by atoms with Crippen LogP contribution in [0.4, 0.5) is 11.4 Å². The maximum absolute atomic E-state index is 12.3. The first-order valence-corrected chi connectivity index (χ1v) is 11.5. The Morgan fingerprint density at radius 1 is 0.844 bits per heavy atom. The molecule has 3 aromatic rings. The average Bonchev–Trinajstić information content (AvgIpc) is 3.34. The van der Waals surface area contributed by atoms with Crippen molar-refractivity contribution in [1.82, 2.24) is 20.4 Å². The second-order valence-electron chi connectivity index (χ2n) is 7.51. The SMILES string of the molecule is O=C(NCCCN1CCN(c2ccccc2)CC1)c1nnc(C(=O)Nc2ccccc2)s1. The molecule has 1 aliphatic rings. The van der Waals surface area contributed by atoms with Crippen molar-refractivity contribution in [3.05, 3.63) is 70.7 Å². The van der Waals surface area contributed by atoms with Gasteiger partial charge in [0.2, 0.25) is 10.0 Å². The second kappa shape index (κ2) is 10.8. The number of carbonyl (C=O) groups excluding carboxylic acids is 2. The summed E-state index contributed by atoms with van der Waals surface area (Å²) in [6.07, 6.45) is 0.858. The third-order valence-corrected chi connectivity index (χ3v) is 6.20. The minimum absolute atomic E-state index is 0.162. The predicted octanol–water partition coefficient (Wildman–Crippen LogP) is 2.73. The van der Waals surface area contributed by atoms with E-state index in [1.807, 2.05) is 24.3 Å². The number of aromatic nitrogens is 2. The Kier molecular flexibility index (Phi) is 7.42. The molecule has 2 aromatic carbocycles. The fourth-order valence-corrected chi connectivity index (χ4v) is 4.22. The van der Waals surface area contributed by atoms with Crippen LogP contribution in [0.2, 0.25) is 0 Å². The number of hydrogen-bond donors (Lipinski definition) is 2. The molecule has 1 aromatic heterocycles. The molecule has 0 saturated carbocycles. The van der Waals surface area contributed by atoms with Crippen LogP contribution in [0.5, 0.6) is 0 Å². The molecular weight excluding hydrogens is 424 g/mol. The molecular formula is C23H26N6O2S. The summed E-state index contributed by atoms with van der Waals surface area (Å²) >= 11 is 0.990. The number of carbonyl (C=O) groups is 2. The van der Waals surface area contributed by atoms with E-state index in [0.29, 0.717) is 12.2 Å². The molecule has 2 N–H and O–H groups in total. The summed E-state index contributed by atoms with van der Waals surface area (Å²) in [7, 11) is 0. The van der Waals surface area contributed by atoms with Crippen molar-refractivity contribution in [3.8, 4) is 0 Å².